The zero-order valence-electron chi connectivity index (χ0n) is 16.2. The van der Waals surface area contributed by atoms with E-state index in [-0.39, 0.29) is 18.5 Å². The SMILES string of the molecule is C=CCN1C(=O)NC(c2cccc(Cl)c2)C(C(=O)Nc2ccccc2OC)=C1C. The first-order valence-electron chi connectivity index (χ1n) is 9.05. The highest BCUT2D eigenvalue weighted by Crippen LogP contribution is 2.33. The molecule has 0 aromatic heterocycles. The van der Waals surface area contributed by atoms with E-state index in [2.05, 4.69) is 17.2 Å². The summed E-state index contributed by atoms with van der Waals surface area (Å²) >= 11 is 6.14. The largest absolute Gasteiger partial charge is 0.495 e. The molecule has 1 heterocycles. The van der Waals surface area contributed by atoms with Crippen LogP contribution < -0.4 is 15.4 Å². The minimum Gasteiger partial charge on any atom is -0.495 e. The van der Waals surface area contributed by atoms with E-state index in [0.29, 0.717) is 33.3 Å². The highest BCUT2D eigenvalue weighted by molar-refractivity contribution is 6.30. The van der Waals surface area contributed by atoms with E-state index in [1.807, 2.05) is 12.1 Å². The Labute approximate surface area is 174 Å². The molecule has 0 radical (unpaired) electrons. The lowest BCUT2D eigenvalue weighted by Gasteiger charge is -2.35. The molecule has 2 N–H and O–H groups in total. The Kier molecular flexibility index (Phi) is 6.24. The maximum Gasteiger partial charge on any atom is 0.322 e. The fourth-order valence-corrected chi connectivity index (χ4v) is 3.50. The number of nitrogens with zero attached hydrogens (tertiary/aromatic N) is 1. The second-order valence-electron chi connectivity index (χ2n) is 6.49. The van der Waals surface area contributed by atoms with E-state index in [0.717, 1.165) is 0 Å². The van der Waals surface area contributed by atoms with Crippen LogP contribution in [-0.4, -0.2) is 30.5 Å². The summed E-state index contributed by atoms with van der Waals surface area (Å²) in [4.78, 5) is 27.4. The van der Waals surface area contributed by atoms with Crippen molar-refractivity contribution in [1.82, 2.24) is 10.2 Å². The molecule has 0 saturated heterocycles. The summed E-state index contributed by atoms with van der Waals surface area (Å²) in [6, 6.07) is 13.3. The monoisotopic (exact) mass is 411 g/mol. The van der Waals surface area contributed by atoms with Gasteiger partial charge in [-0.05, 0) is 36.8 Å². The normalized spacial score (nSPS) is 16.3. The van der Waals surface area contributed by atoms with Crippen molar-refractivity contribution < 1.29 is 14.3 Å². The number of nitrogens with one attached hydrogen (secondary N) is 2. The molecule has 1 aliphatic heterocycles. The number of anilines is 1. The maximum absolute atomic E-state index is 13.3. The van der Waals surface area contributed by atoms with Crippen molar-refractivity contribution in [3.8, 4) is 5.75 Å². The average Bonchev–Trinajstić information content (AvgIpc) is 2.71. The number of hydrogen-bond acceptors (Lipinski definition) is 3. The number of para-hydroxylation sites is 2. The molecule has 0 spiro atoms. The van der Waals surface area contributed by atoms with Gasteiger partial charge in [-0.2, -0.15) is 0 Å². The van der Waals surface area contributed by atoms with E-state index in [1.165, 1.54) is 12.0 Å². The summed E-state index contributed by atoms with van der Waals surface area (Å²) < 4.78 is 5.32. The highest BCUT2D eigenvalue weighted by Gasteiger charge is 2.35. The standard InChI is InChI=1S/C22H22ClN3O3/c1-4-12-26-14(2)19(21(27)24-17-10-5-6-11-18(17)29-3)20(25-22(26)28)15-8-7-9-16(23)13-15/h4-11,13,20H,1,12H2,2-3H3,(H,24,27)(H,25,28). The molecule has 0 aliphatic carbocycles. The average molecular weight is 412 g/mol. The predicted molar refractivity (Wildman–Crippen MR) is 114 cm³/mol. The molecule has 29 heavy (non-hydrogen) atoms. The number of urea groups is 1. The number of methoxy groups -OCH3 is 1. The van der Waals surface area contributed by atoms with E-state index in [9.17, 15) is 9.59 Å². The van der Waals surface area contributed by atoms with Gasteiger partial charge in [0.2, 0.25) is 0 Å². The van der Waals surface area contributed by atoms with Gasteiger partial charge < -0.3 is 15.4 Å². The zero-order valence-corrected chi connectivity index (χ0v) is 17.0. The van der Waals surface area contributed by atoms with Crippen LogP contribution in [0.2, 0.25) is 5.02 Å². The van der Waals surface area contributed by atoms with E-state index < -0.39 is 6.04 Å². The Morgan fingerprint density at radius 3 is 2.76 bits per heavy atom. The van der Waals surface area contributed by atoms with Crippen molar-refractivity contribution in [2.24, 2.45) is 0 Å². The van der Waals surface area contributed by atoms with Crippen molar-refractivity contribution in [1.29, 1.82) is 0 Å². The first-order valence-corrected chi connectivity index (χ1v) is 9.43. The van der Waals surface area contributed by atoms with Crippen molar-refractivity contribution in [2.75, 3.05) is 19.0 Å². The fraction of sp³-hybridized carbons (Fsp3) is 0.182. The van der Waals surface area contributed by atoms with Gasteiger partial charge in [0, 0.05) is 17.3 Å². The summed E-state index contributed by atoms with van der Waals surface area (Å²) in [5.74, 6) is 0.201. The van der Waals surface area contributed by atoms with Crippen LogP contribution in [-0.2, 0) is 4.79 Å². The summed E-state index contributed by atoms with van der Waals surface area (Å²) in [5, 5.41) is 6.32. The molecule has 0 fully saturated rings. The Morgan fingerprint density at radius 1 is 1.31 bits per heavy atom. The quantitative estimate of drug-likeness (QED) is 0.687. The third-order valence-corrected chi connectivity index (χ3v) is 4.92. The van der Waals surface area contributed by atoms with E-state index in [1.54, 1.807) is 49.4 Å². The molecule has 1 aliphatic rings. The molecule has 0 saturated carbocycles. The number of hydrogen-bond donors (Lipinski definition) is 2. The Balaban J connectivity index is 2.06. The summed E-state index contributed by atoms with van der Waals surface area (Å²) in [6.07, 6.45) is 1.61. The first kappa shape index (κ1) is 20.5. The van der Waals surface area contributed by atoms with Gasteiger partial charge in [0.1, 0.15) is 5.75 Å². The number of amides is 3. The number of halogens is 1. The number of allylic oxidation sites excluding steroid dienone is 1. The van der Waals surface area contributed by atoms with Crippen molar-refractivity contribution >= 4 is 29.2 Å². The lowest BCUT2D eigenvalue weighted by Crippen LogP contribution is -2.48. The van der Waals surface area contributed by atoms with Gasteiger partial charge in [0.25, 0.3) is 5.91 Å². The van der Waals surface area contributed by atoms with Gasteiger partial charge in [-0.25, -0.2) is 4.79 Å². The molecule has 1 atom stereocenters. The number of carbonyl (C=O) groups excluding carboxylic acids is 2. The Bertz CT molecular complexity index is 987. The van der Waals surface area contributed by atoms with Gasteiger partial charge in [0.15, 0.2) is 0 Å². The van der Waals surface area contributed by atoms with Gasteiger partial charge in [0.05, 0.1) is 24.4 Å². The van der Waals surface area contributed by atoms with E-state index >= 15 is 0 Å². The van der Waals surface area contributed by atoms with Crippen LogP contribution in [0.15, 0.2) is 72.5 Å². The maximum atomic E-state index is 13.3. The van der Waals surface area contributed by atoms with Crippen LogP contribution >= 0.6 is 11.6 Å². The van der Waals surface area contributed by atoms with Crippen molar-refractivity contribution in [3.63, 3.8) is 0 Å². The summed E-state index contributed by atoms with van der Waals surface area (Å²) in [6.45, 7) is 5.72. The van der Waals surface area contributed by atoms with Gasteiger partial charge in [-0.15, -0.1) is 6.58 Å². The second kappa shape index (κ2) is 8.84. The molecular weight excluding hydrogens is 390 g/mol. The molecular formula is C22H22ClN3O3. The fourth-order valence-electron chi connectivity index (χ4n) is 3.30. The molecule has 2 aromatic carbocycles. The molecule has 3 rings (SSSR count). The third-order valence-electron chi connectivity index (χ3n) is 4.69. The highest BCUT2D eigenvalue weighted by atomic mass is 35.5. The number of benzene rings is 2. The third kappa shape index (κ3) is 4.27. The summed E-state index contributed by atoms with van der Waals surface area (Å²) in [7, 11) is 1.54. The van der Waals surface area contributed by atoms with Crippen LogP contribution in [0.25, 0.3) is 0 Å². The minimum absolute atomic E-state index is 0.283. The lowest BCUT2D eigenvalue weighted by atomic mass is 9.94. The Morgan fingerprint density at radius 2 is 2.07 bits per heavy atom. The predicted octanol–water partition coefficient (Wildman–Crippen LogP) is 4.51. The second-order valence-corrected chi connectivity index (χ2v) is 6.93. The van der Waals surface area contributed by atoms with Gasteiger partial charge in [-0.3, -0.25) is 9.69 Å². The van der Waals surface area contributed by atoms with E-state index in [4.69, 9.17) is 16.3 Å². The smallest absolute Gasteiger partial charge is 0.322 e. The van der Waals surface area contributed by atoms with Gasteiger partial charge >= 0.3 is 6.03 Å². The van der Waals surface area contributed by atoms with Crippen LogP contribution in [0.5, 0.6) is 5.75 Å². The molecule has 1 unspecified atom stereocenters. The summed E-state index contributed by atoms with van der Waals surface area (Å²) in [5.41, 5.74) is 2.22. The van der Waals surface area contributed by atoms with Gasteiger partial charge in [-0.1, -0.05) is 41.9 Å². The molecule has 2 aromatic rings. The van der Waals surface area contributed by atoms with Crippen molar-refractivity contribution in [3.05, 3.63) is 83.0 Å². The zero-order chi connectivity index (χ0) is 21.0. The topological polar surface area (TPSA) is 70.7 Å². The number of ether oxygens (including phenoxy) is 1. The first-order chi connectivity index (χ1) is 14.0. The number of rotatable bonds is 6. The minimum atomic E-state index is -0.642. The Hall–Kier alpha value is -3.25. The van der Waals surface area contributed by atoms with Crippen molar-refractivity contribution in [2.45, 2.75) is 13.0 Å². The van der Waals surface area contributed by atoms with Crippen LogP contribution in [0.1, 0.15) is 18.5 Å². The lowest BCUT2D eigenvalue weighted by molar-refractivity contribution is -0.113. The van der Waals surface area contributed by atoms with Crippen LogP contribution in [0, 0.1) is 0 Å². The van der Waals surface area contributed by atoms with Crippen LogP contribution in [0.4, 0.5) is 10.5 Å². The molecule has 6 nitrogen and oxygen atoms in total. The molecule has 150 valence electrons. The van der Waals surface area contributed by atoms with Crippen LogP contribution in [0.3, 0.4) is 0 Å². The number of carbonyl (C=O) groups is 2. The molecule has 3 amide bonds. The molecule has 7 heteroatoms. The molecule has 0 bridgehead atoms.